The number of amides is 1. The average molecular weight is 508 g/mol. The summed E-state index contributed by atoms with van der Waals surface area (Å²) in [6.07, 6.45) is 1.37. The molecule has 0 fully saturated rings. The predicted molar refractivity (Wildman–Crippen MR) is 127 cm³/mol. The zero-order valence-electron chi connectivity index (χ0n) is 18.4. The predicted octanol–water partition coefficient (Wildman–Crippen LogP) is 5.49. The first kappa shape index (κ1) is 21.9. The van der Waals surface area contributed by atoms with E-state index in [2.05, 4.69) is 9.97 Å². The van der Waals surface area contributed by atoms with E-state index in [1.165, 1.54) is 43.7 Å². The molecule has 4 heterocycles. The molecule has 180 valence electrons. The smallest absolute Gasteiger partial charge is 0.296 e. The van der Waals surface area contributed by atoms with Gasteiger partial charge in [0.2, 0.25) is 11.7 Å². The van der Waals surface area contributed by atoms with Gasteiger partial charge in [0.25, 0.3) is 5.91 Å². The van der Waals surface area contributed by atoms with Crippen LogP contribution in [-0.4, -0.2) is 33.9 Å². The molecule has 5 aromatic rings. The molecular formula is C25H15ClFN3O6. The number of methoxy groups -OCH3 is 1. The van der Waals surface area contributed by atoms with Gasteiger partial charge < -0.3 is 23.7 Å². The van der Waals surface area contributed by atoms with Gasteiger partial charge in [0.1, 0.15) is 17.6 Å². The second-order valence-electron chi connectivity index (χ2n) is 8.04. The quantitative estimate of drug-likeness (QED) is 0.302. The topological polar surface area (TPSA) is 122 Å². The summed E-state index contributed by atoms with van der Waals surface area (Å²) in [4.78, 5) is 35.2. The number of aliphatic hydroxyl groups excluding tert-OH is 1. The van der Waals surface area contributed by atoms with Crippen LogP contribution in [0.2, 0.25) is 5.02 Å². The Balaban J connectivity index is 1.49. The van der Waals surface area contributed by atoms with Gasteiger partial charge in [-0.15, -0.1) is 0 Å². The lowest BCUT2D eigenvalue weighted by molar-refractivity contribution is -0.117. The third kappa shape index (κ3) is 3.26. The number of aromatic nitrogens is 2. The number of aromatic amines is 1. The normalized spacial score (nSPS) is 16.0. The van der Waals surface area contributed by atoms with Gasteiger partial charge in [0.15, 0.2) is 22.9 Å². The fourth-order valence-corrected chi connectivity index (χ4v) is 4.55. The molecule has 2 aromatic carbocycles. The molecule has 36 heavy (non-hydrogen) atoms. The molecule has 2 N–H and O–H groups in total. The number of fused-ring (bicyclic) bond motifs is 2. The zero-order chi connectivity index (χ0) is 25.1. The Hall–Kier alpha value is -4.57. The molecule has 0 saturated carbocycles. The number of nitrogens with zero attached hydrogens (tertiary/aromatic N) is 2. The molecule has 1 aliphatic rings. The number of nitrogens with one attached hydrogen (secondary N) is 1. The highest BCUT2D eigenvalue weighted by atomic mass is 35.5. The molecule has 0 saturated heterocycles. The number of carbonyl (C=O) groups is 2. The van der Waals surface area contributed by atoms with Crippen LogP contribution in [0.1, 0.15) is 22.4 Å². The molecule has 1 amide bonds. The third-order valence-corrected chi connectivity index (χ3v) is 6.13. The summed E-state index contributed by atoms with van der Waals surface area (Å²) in [5, 5.41) is 11.7. The largest absolute Gasteiger partial charge is 0.503 e. The number of H-pyrrole nitrogens is 1. The fourth-order valence-electron chi connectivity index (χ4n) is 4.34. The summed E-state index contributed by atoms with van der Waals surface area (Å²) in [5.41, 5.74) is 0.723. The van der Waals surface area contributed by atoms with Crippen molar-refractivity contribution in [2.45, 2.75) is 6.04 Å². The summed E-state index contributed by atoms with van der Waals surface area (Å²) in [7, 11) is 1.43. The number of aliphatic hydroxyl groups is 1. The van der Waals surface area contributed by atoms with E-state index >= 15 is 0 Å². The van der Waals surface area contributed by atoms with Crippen LogP contribution < -0.4 is 9.64 Å². The van der Waals surface area contributed by atoms with Gasteiger partial charge in [0, 0.05) is 16.5 Å². The van der Waals surface area contributed by atoms with Gasteiger partial charge in [-0.05, 0) is 42.5 Å². The number of hydrogen-bond donors (Lipinski definition) is 2. The van der Waals surface area contributed by atoms with Crippen LogP contribution in [0.4, 0.5) is 10.3 Å². The monoisotopic (exact) mass is 507 g/mol. The maximum Gasteiger partial charge on any atom is 0.296 e. The Labute approximate surface area is 206 Å². The standard InChI is InChI=1S/C25H15ClFN3O6/c1-34-18-9-12(26)7-11-8-17(36-23(11)18)21(31)19-20(16-3-2-6-35-16)30(24(33)22(19)32)25-28-14-5-4-13(27)10-15(14)29-25/h2-10,20,32H,1H3,(H,28,29). The first-order valence-corrected chi connectivity index (χ1v) is 11.0. The van der Waals surface area contributed by atoms with Crippen LogP contribution in [0.25, 0.3) is 22.0 Å². The van der Waals surface area contributed by atoms with Crippen LogP contribution in [0, 0.1) is 5.82 Å². The summed E-state index contributed by atoms with van der Waals surface area (Å²) in [6, 6.07) is 10.4. The number of benzene rings is 2. The Morgan fingerprint density at radius 2 is 2.08 bits per heavy atom. The Morgan fingerprint density at radius 3 is 2.83 bits per heavy atom. The SMILES string of the molecule is COc1cc(Cl)cc2cc(C(=O)C3=C(O)C(=O)N(c4nc5ccc(F)cc5[nH]4)C3c3ccco3)oc12. The molecule has 11 heteroatoms. The van der Waals surface area contributed by atoms with Gasteiger partial charge in [-0.25, -0.2) is 9.37 Å². The van der Waals surface area contributed by atoms with Crippen molar-refractivity contribution in [1.29, 1.82) is 0 Å². The number of rotatable bonds is 5. The van der Waals surface area contributed by atoms with Gasteiger partial charge in [0.05, 0.1) is 30.0 Å². The molecule has 9 nitrogen and oxygen atoms in total. The Kier molecular flexibility index (Phi) is 4.87. The summed E-state index contributed by atoms with van der Waals surface area (Å²) in [5.74, 6) is -2.57. The van der Waals surface area contributed by atoms with Crippen molar-refractivity contribution in [3.8, 4) is 5.75 Å². The van der Waals surface area contributed by atoms with E-state index in [1.807, 2.05) is 0 Å². The highest BCUT2D eigenvalue weighted by Crippen LogP contribution is 2.42. The summed E-state index contributed by atoms with van der Waals surface area (Å²) >= 11 is 6.13. The van der Waals surface area contributed by atoms with Gasteiger partial charge >= 0.3 is 0 Å². The van der Waals surface area contributed by atoms with Crippen molar-refractivity contribution >= 4 is 51.2 Å². The number of imidazole rings is 1. The van der Waals surface area contributed by atoms with E-state index in [0.29, 0.717) is 27.2 Å². The lowest BCUT2D eigenvalue weighted by atomic mass is 9.99. The number of ketones is 1. The molecule has 1 atom stereocenters. The van der Waals surface area contributed by atoms with Crippen molar-refractivity contribution in [2.75, 3.05) is 12.0 Å². The molecule has 0 radical (unpaired) electrons. The lowest BCUT2D eigenvalue weighted by Crippen LogP contribution is -2.31. The van der Waals surface area contributed by atoms with Crippen LogP contribution in [0.5, 0.6) is 5.75 Å². The number of carbonyl (C=O) groups excluding carboxylic acids is 2. The molecule has 3 aromatic heterocycles. The van der Waals surface area contributed by atoms with E-state index in [9.17, 15) is 19.1 Å². The molecule has 1 unspecified atom stereocenters. The first-order chi connectivity index (χ1) is 17.4. The molecule has 0 bridgehead atoms. The van der Waals surface area contributed by atoms with Gasteiger partial charge in [-0.2, -0.15) is 0 Å². The Morgan fingerprint density at radius 1 is 1.25 bits per heavy atom. The van der Waals surface area contributed by atoms with Gasteiger partial charge in [-0.3, -0.25) is 14.5 Å². The number of halogens is 2. The van der Waals surface area contributed by atoms with Crippen molar-refractivity contribution in [3.05, 3.63) is 88.5 Å². The molecular weight excluding hydrogens is 493 g/mol. The molecule has 1 aliphatic heterocycles. The summed E-state index contributed by atoms with van der Waals surface area (Å²) in [6.45, 7) is 0. The van der Waals surface area contributed by atoms with Crippen molar-refractivity contribution in [1.82, 2.24) is 9.97 Å². The number of anilines is 1. The average Bonchev–Trinajstić information content (AvgIpc) is 3.63. The minimum atomic E-state index is -1.18. The molecule has 6 rings (SSSR count). The van der Waals surface area contributed by atoms with E-state index < -0.39 is 29.3 Å². The van der Waals surface area contributed by atoms with Crippen LogP contribution >= 0.6 is 11.6 Å². The maximum absolute atomic E-state index is 13.7. The van der Waals surface area contributed by atoms with Gasteiger partial charge in [-0.1, -0.05) is 11.6 Å². The number of furan rings is 2. The minimum absolute atomic E-state index is 0.00518. The third-order valence-electron chi connectivity index (χ3n) is 5.92. The number of ether oxygens (including phenoxy) is 1. The molecule has 0 aliphatic carbocycles. The van der Waals surface area contributed by atoms with Crippen LogP contribution in [-0.2, 0) is 4.79 Å². The van der Waals surface area contributed by atoms with E-state index in [4.69, 9.17) is 25.2 Å². The van der Waals surface area contributed by atoms with Crippen LogP contribution in [0.3, 0.4) is 0 Å². The van der Waals surface area contributed by atoms with Crippen molar-refractivity contribution in [2.24, 2.45) is 0 Å². The molecule has 0 spiro atoms. The maximum atomic E-state index is 13.7. The highest BCUT2D eigenvalue weighted by Gasteiger charge is 2.48. The fraction of sp³-hybridized carbons (Fsp3) is 0.0800. The first-order valence-electron chi connectivity index (χ1n) is 10.6. The second-order valence-corrected chi connectivity index (χ2v) is 8.48. The number of hydrogen-bond acceptors (Lipinski definition) is 7. The second kappa shape index (κ2) is 7.99. The van der Waals surface area contributed by atoms with E-state index in [1.54, 1.807) is 18.2 Å². The van der Waals surface area contributed by atoms with E-state index in [-0.39, 0.29) is 28.6 Å². The number of Topliss-reactive ketones (excluding diaryl/α,β-unsaturated/α-hetero) is 1. The lowest BCUT2D eigenvalue weighted by Gasteiger charge is -2.21. The highest BCUT2D eigenvalue weighted by molar-refractivity contribution is 6.31. The van der Waals surface area contributed by atoms with Crippen molar-refractivity contribution in [3.63, 3.8) is 0 Å². The Bertz CT molecular complexity index is 1720. The summed E-state index contributed by atoms with van der Waals surface area (Å²) < 4.78 is 30.3. The van der Waals surface area contributed by atoms with E-state index in [0.717, 1.165) is 4.90 Å². The minimum Gasteiger partial charge on any atom is -0.503 e. The van der Waals surface area contributed by atoms with Crippen molar-refractivity contribution < 1.29 is 32.7 Å². The van der Waals surface area contributed by atoms with Crippen LogP contribution in [0.15, 0.2) is 75.0 Å². The zero-order valence-corrected chi connectivity index (χ0v) is 19.2.